The van der Waals surface area contributed by atoms with Crippen molar-refractivity contribution in [3.05, 3.63) is 23.9 Å². The first-order valence-corrected chi connectivity index (χ1v) is 7.16. The lowest BCUT2D eigenvalue weighted by Crippen LogP contribution is -2.25. The molecule has 0 aromatic carbocycles. The lowest BCUT2D eigenvalue weighted by Gasteiger charge is -2.21. The van der Waals surface area contributed by atoms with Crippen molar-refractivity contribution in [1.82, 2.24) is 4.98 Å². The number of carbonyl (C=O) groups is 1. The number of hydrogen-bond acceptors (Lipinski definition) is 3. The van der Waals surface area contributed by atoms with E-state index in [2.05, 4.69) is 16.8 Å². The quantitative estimate of drug-likeness (QED) is 0.905. The highest BCUT2D eigenvalue weighted by atomic mass is 16.4. The van der Waals surface area contributed by atoms with E-state index >= 15 is 0 Å². The molecule has 1 fully saturated rings. The maximum Gasteiger partial charge on any atom is 0.354 e. The van der Waals surface area contributed by atoms with Gasteiger partial charge in [-0.25, -0.2) is 9.78 Å². The zero-order valence-electron chi connectivity index (χ0n) is 11.5. The summed E-state index contributed by atoms with van der Waals surface area (Å²) in [5.74, 6) is 0.662. The minimum Gasteiger partial charge on any atom is -0.477 e. The Morgan fingerprint density at radius 3 is 3.00 bits per heavy atom. The highest BCUT2D eigenvalue weighted by Crippen LogP contribution is 2.24. The van der Waals surface area contributed by atoms with Crippen molar-refractivity contribution in [2.75, 3.05) is 18.0 Å². The number of carboxylic acid groups (broad SMARTS) is 1. The molecule has 4 heteroatoms. The minimum atomic E-state index is -0.958. The first-order valence-electron chi connectivity index (χ1n) is 7.16. The fourth-order valence-electron chi connectivity index (χ4n) is 2.81. The van der Waals surface area contributed by atoms with Crippen molar-refractivity contribution in [2.45, 2.75) is 39.0 Å². The summed E-state index contributed by atoms with van der Waals surface area (Å²) in [7, 11) is 0. The predicted octanol–water partition coefficient (Wildman–Crippen LogP) is 3.19. The first kappa shape index (κ1) is 13.8. The summed E-state index contributed by atoms with van der Waals surface area (Å²) in [5, 5.41) is 8.99. The predicted molar refractivity (Wildman–Crippen MR) is 75.7 cm³/mol. The molecule has 1 saturated heterocycles. The van der Waals surface area contributed by atoms with Gasteiger partial charge in [-0.2, -0.15) is 0 Å². The van der Waals surface area contributed by atoms with E-state index in [1.807, 2.05) is 6.07 Å². The van der Waals surface area contributed by atoms with Gasteiger partial charge in [0.1, 0.15) is 5.82 Å². The third-order valence-corrected chi connectivity index (χ3v) is 3.82. The van der Waals surface area contributed by atoms with Gasteiger partial charge in [-0.05, 0) is 37.3 Å². The summed E-state index contributed by atoms with van der Waals surface area (Å²) in [5.41, 5.74) is 0.131. The zero-order chi connectivity index (χ0) is 13.7. The molecule has 2 heterocycles. The minimum absolute atomic E-state index is 0.131. The molecule has 0 aliphatic carbocycles. The lowest BCUT2D eigenvalue weighted by atomic mass is 9.96. The second kappa shape index (κ2) is 6.55. The Labute approximate surface area is 114 Å². The molecule has 1 N–H and O–H groups in total. The Kier molecular flexibility index (Phi) is 4.77. The molecule has 104 valence electrons. The van der Waals surface area contributed by atoms with E-state index in [4.69, 9.17) is 5.11 Å². The molecule has 0 amide bonds. The van der Waals surface area contributed by atoms with Crippen LogP contribution in [0.4, 0.5) is 5.82 Å². The summed E-state index contributed by atoms with van der Waals surface area (Å²) in [6.07, 6.45) is 6.19. The molecule has 19 heavy (non-hydrogen) atoms. The second-order valence-corrected chi connectivity index (χ2v) is 5.26. The fourth-order valence-corrected chi connectivity index (χ4v) is 2.81. The van der Waals surface area contributed by atoms with Crippen molar-refractivity contribution in [2.24, 2.45) is 5.92 Å². The van der Waals surface area contributed by atoms with Gasteiger partial charge in [-0.1, -0.05) is 25.8 Å². The van der Waals surface area contributed by atoms with Crippen LogP contribution >= 0.6 is 0 Å². The SMILES string of the molecule is CCCC1CCCN(c2cccc(C(=O)O)n2)CC1. The molecule has 2 rings (SSSR count). The summed E-state index contributed by atoms with van der Waals surface area (Å²) in [4.78, 5) is 17.4. The Bertz CT molecular complexity index is 434. The number of pyridine rings is 1. The maximum atomic E-state index is 11.0. The molecule has 1 aliphatic heterocycles. The largest absolute Gasteiger partial charge is 0.477 e. The standard InChI is InChI=1S/C15H22N2O2/c1-2-5-12-6-4-10-17(11-9-12)14-8-3-7-13(16-14)15(18)19/h3,7-8,12H,2,4-6,9-11H2,1H3,(H,18,19). The van der Waals surface area contributed by atoms with Gasteiger partial charge in [-0.3, -0.25) is 0 Å². The number of nitrogens with zero attached hydrogens (tertiary/aromatic N) is 2. The van der Waals surface area contributed by atoms with E-state index in [1.165, 1.54) is 32.1 Å². The van der Waals surface area contributed by atoms with Gasteiger partial charge >= 0.3 is 5.97 Å². The zero-order valence-corrected chi connectivity index (χ0v) is 11.5. The molecule has 0 radical (unpaired) electrons. The van der Waals surface area contributed by atoms with Gasteiger partial charge in [0.15, 0.2) is 5.69 Å². The summed E-state index contributed by atoms with van der Waals surface area (Å²) < 4.78 is 0. The summed E-state index contributed by atoms with van der Waals surface area (Å²) in [6, 6.07) is 5.23. The molecule has 0 saturated carbocycles. The van der Waals surface area contributed by atoms with Crippen LogP contribution in [0.1, 0.15) is 49.5 Å². The van der Waals surface area contributed by atoms with Crippen LogP contribution in [-0.2, 0) is 0 Å². The van der Waals surface area contributed by atoms with Crippen molar-refractivity contribution >= 4 is 11.8 Å². The van der Waals surface area contributed by atoms with Crippen LogP contribution in [0.15, 0.2) is 18.2 Å². The van der Waals surface area contributed by atoms with Crippen LogP contribution in [-0.4, -0.2) is 29.1 Å². The van der Waals surface area contributed by atoms with Crippen molar-refractivity contribution in [3.63, 3.8) is 0 Å². The second-order valence-electron chi connectivity index (χ2n) is 5.26. The van der Waals surface area contributed by atoms with Gasteiger partial charge < -0.3 is 10.0 Å². The summed E-state index contributed by atoms with van der Waals surface area (Å²) >= 11 is 0. The Hall–Kier alpha value is -1.58. The molecular formula is C15H22N2O2. The van der Waals surface area contributed by atoms with Crippen LogP contribution < -0.4 is 4.90 Å². The third kappa shape index (κ3) is 3.69. The van der Waals surface area contributed by atoms with Gasteiger partial charge in [0.25, 0.3) is 0 Å². The average molecular weight is 262 g/mol. The van der Waals surface area contributed by atoms with Gasteiger partial charge in [0, 0.05) is 13.1 Å². The van der Waals surface area contributed by atoms with Crippen molar-refractivity contribution in [1.29, 1.82) is 0 Å². The smallest absolute Gasteiger partial charge is 0.354 e. The van der Waals surface area contributed by atoms with Crippen molar-refractivity contribution in [3.8, 4) is 0 Å². The van der Waals surface area contributed by atoms with Crippen LogP contribution in [0.5, 0.6) is 0 Å². The third-order valence-electron chi connectivity index (χ3n) is 3.82. The maximum absolute atomic E-state index is 11.0. The van der Waals surface area contributed by atoms with Gasteiger partial charge in [0.05, 0.1) is 0 Å². The molecule has 1 aromatic rings. The molecule has 1 unspecified atom stereocenters. The molecule has 1 aliphatic rings. The van der Waals surface area contributed by atoms with Gasteiger partial charge in [-0.15, -0.1) is 0 Å². The Morgan fingerprint density at radius 2 is 2.26 bits per heavy atom. The number of aromatic nitrogens is 1. The van der Waals surface area contributed by atoms with E-state index in [1.54, 1.807) is 12.1 Å². The number of hydrogen-bond donors (Lipinski definition) is 1. The Morgan fingerprint density at radius 1 is 1.42 bits per heavy atom. The first-order chi connectivity index (χ1) is 9.20. The average Bonchev–Trinajstić information content (AvgIpc) is 2.65. The van der Waals surface area contributed by atoms with E-state index in [0.29, 0.717) is 0 Å². The molecule has 1 aromatic heterocycles. The van der Waals surface area contributed by atoms with Crippen LogP contribution in [0.3, 0.4) is 0 Å². The van der Waals surface area contributed by atoms with Gasteiger partial charge in [0.2, 0.25) is 0 Å². The number of rotatable bonds is 4. The van der Waals surface area contributed by atoms with Crippen LogP contribution in [0, 0.1) is 5.92 Å². The molecule has 0 spiro atoms. The van der Waals surface area contributed by atoms with E-state index < -0.39 is 5.97 Å². The fraction of sp³-hybridized carbons (Fsp3) is 0.600. The summed E-state index contributed by atoms with van der Waals surface area (Å²) in [6.45, 7) is 4.21. The number of anilines is 1. The molecule has 1 atom stereocenters. The molecule has 4 nitrogen and oxygen atoms in total. The van der Waals surface area contributed by atoms with E-state index in [0.717, 1.165) is 24.8 Å². The highest BCUT2D eigenvalue weighted by Gasteiger charge is 2.18. The monoisotopic (exact) mass is 262 g/mol. The topological polar surface area (TPSA) is 53.4 Å². The number of carboxylic acids is 1. The number of aromatic carboxylic acids is 1. The van der Waals surface area contributed by atoms with E-state index in [-0.39, 0.29) is 5.69 Å². The van der Waals surface area contributed by atoms with Crippen LogP contribution in [0.25, 0.3) is 0 Å². The van der Waals surface area contributed by atoms with E-state index in [9.17, 15) is 4.79 Å². The van der Waals surface area contributed by atoms with Crippen LogP contribution in [0.2, 0.25) is 0 Å². The Balaban J connectivity index is 2.05. The highest BCUT2D eigenvalue weighted by molar-refractivity contribution is 5.85. The molecule has 0 bridgehead atoms. The van der Waals surface area contributed by atoms with Crippen molar-refractivity contribution < 1.29 is 9.90 Å². The molecular weight excluding hydrogens is 240 g/mol. The normalized spacial score (nSPS) is 20.1. The lowest BCUT2D eigenvalue weighted by molar-refractivity contribution is 0.0690.